The highest BCUT2D eigenvalue weighted by atomic mass is 35.5. The Hall–Kier alpha value is -2.13. The van der Waals surface area contributed by atoms with Gasteiger partial charge in [-0.15, -0.1) is 0 Å². The lowest BCUT2D eigenvalue weighted by Crippen LogP contribution is -2.46. The van der Waals surface area contributed by atoms with E-state index < -0.39 is 10.0 Å². The predicted octanol–water partition coefficient (Wildman–Crippen LogP) is 3.53. The van der Waals surface area contributed by atoms with Gasteiger partial charge in [-0.05, 0) is 55.3 Å². The van der Waals surface area contributed by atoms with Gasteiger partial charge in [0.2, 0.25) is 15.9 Å². The Labute approximate surface area is 185 Å². The summed E-state index contributed by atoms with van der Waals surface area (Å²) in [6.07, 6.45) is 0.993. The molecular formula is C20H21Cl2N3O4S. The number of hydrogen-bond acceptors (Lipinski definition) is 4. The highest BCUT2D eigenvalue weighted by Crippen LogP contribution is 2.24. The van der Waals surface area contributed by atoms with Crippen LogP contribution in [-0.4, -0.2) is 43.7 Å². The number of amides is 2. The molecule has 0 spiro atoms. The van der Waals surface area contributed by atoms with E-state index in [1.54, 1.807) is 24.3 Å². The topological polar surface area (TPSA) is 95.6 Å². The molecule has 0 saturated carbocycles. The minimum absolute atomic E-state index is 0.138. The fourth-order valence-electron chi connectivity index (χ4n) is 3.21. The predicted molar refractivity (Wildman–Crippen MR) is 116 cm³/mol. The van der Waals surface area contributed by atoms with Crippen molar-refractivity contribution in [3.63, 3.8) is 0 Å². The molecule has 2 aromatic rings. The summed E-state index contributed by atoms with van der Waals surface area (Å²) in [6.45, 7) is 1.97. The number of hydrogen-bond donors (Lipinski definition) is 2. The summed E-state index contributed by atoms with van der Waals surface area (Å²) in [5.74, 6) is -0.501. The quantitative estimate of drug-likeness (QED) is 0.699. The summed E-state index contributed by atoms with van der Waals surface area (Å²) < 4.78 is 27.1. The van der Waals surface area contributed by atoms with Crippen molar-refractivity contribution in [2.45, 2.75) is 30.7 Å². The number of nitrogens with one attached hydrogen (secondary N) is 2. The molecule has 0 bridgehead atoms. The second-order valence-corrected chi connectivity index (χ2v) is 9.74. The fourth-order valence-corrected chi connectivity index (χ4v) is 4.98. The first-order valence-electron chi connectivity index (χ1n) is 9.30. The van der Waals surface area contributed by atoms with Gasteiger partial charge in [-0.2, -0.15) is 4.31 Å². The third kappa shape index (κ3) is 5.31. The number of piperidine rings is 1. The van der Waals surface area contributed by atoms with Crippen molar-refractivity contribution in [3.8, 4) is 0 Å². The molecule has 0 radical (unpaired) electrons. The molecule has 2 amide bonds. The Morgan fingerprint density at radius 3 is 2.20 bits per heavy atom. The molecular weight excluding hydrogens is 449 g/mol. The molecule has 1 heterocycles. The van der Waals surface area contributed by atoms with E-state index in [0.717, 1.165) is 0 Å². The van der Waals surface area contributed by atoms with Crippen molar-refractivity contribution in [2.24, 2.45) is 0 Å². The van der Waals surface area contributed by atoms with Crippen molar-refractivity contribution >= 4 is 50.7 Å². The maximum atomic E-state index is 12.9. The number of sulfonamides is 1. The van der Waals surface area contributed by atoms with Crippen LogP contribution < -0.4 is 10.6 Å². The van der Waals surface area contributed by atoms with Gasteiger partial charge in [-0.25, -0.2) is 8.42 Å². The Bertz CT molecular complexity index is 1050. The van der Waals surface area contributed by atoms with E-state index in [2.05, 4.69) is 10.6 Å². The molecule has 0 unspecified atom stereocenters. The van der Waals surface area contributed by atoms with Crippen LogP contribution in [0.4, 0.5) is 5.69 Å². The molecule has 0 aliphatic carbocycles. The lowest BCUT2D eigenvalue weighted by Gasteiger charge is -2.31. The Kier molecular flexibility index (Phi) is 7.02. The third-order valence-corrected chi connectivity index (χ3v) is 7.44. The summed E-state index contributed by atoms with van der Waals surface area (Å²) in [6, 6.07) is 10.6. The van der Waals surface area contributed by atoms with Crippen LogP contribution in [0.15, 0.2) is 47.4 Å². The van der Waals surface area contributed by atoms with Gasteiger partial charge in [0.25, 0.3) is 5.91 Å². The van der Waals surface area contributed by atoms with Gasteiger partial charge in [-0.3, -0.25) is 9.59 Å². The van der Waals surface area contributed by atoms with Crippen LogP contribution in [0.2, 0.25) is 10.0 Å². The molecule has 0 atom stereocenters. The molecule has 2 aromatic carbocycles. The van der Waals surface area contributed by atoms with E-state index in [9.17, 15) is 18.0 Å². The first-order chi connectivity index (χ1) is 14.2. The zero-order valence-electron chi connectivity index (χ0n) is 16.2. The number of nitrogens with zero attached hydrogens (tertiary/aromatic N) is 1. The average molecular weight is 470 g/mol. The molecule has 1 aliphatic rings. The van der Waals surface area contributed by atoms with Crippen LogP contribution in [0.5, 0.6) is 0 Å². The SMILES string of the molecule is CC(=O)Nc1ccc(S(=O)(=O)N2CCC(NC(=O)c3ccc(Cl)c(Cl)c3)CC2)cc1. The molecule has 1 aliphatic heterocycles. The standard InChI is InChI=1S/C20H21Cl2N3O4S/c1-13(26)23-15-3-5-17(6-4-15)30(28,29)25-10-8-16(9-11-25)24-20(27)14-2-7-18(21)19(22)12-14/h2-7,12,16H,8-11H2,1H3,(H,23,26)(H,24,27). The average Bonchev–Trinajstić information content (AvgIpc) is 2.70. The number of carbonyl (C=O) groups is 2. The molecule has 160 valence electrons. The molecule has 0 aromatic heterocycles. The van der Waals surface area contributed by atoms with E-state index in [1.165, 1.54) is 29.4 Å². The summed E-state index contributed by atoms with van der Waals surface area (Å²) >= 11 is 11.8. The summed E-state index contributed by atoms with van der Waals surface area (Å²) in [7, 11) is -3.65. The van der Waals surface area contributed by atoms with E-state index in [4.69, 9.17) is 23.2 Å². The largest absolute Gasteiger partial charge is 0.349 e. The lowest BCUT2D eigenvalue weighted by atomic mass is 10.1. The minimum Gasteiger partial charge on any atom is -0.349 e. The van der Waals surface area contributed by atoms with Gasteiger partial charge in [-0.1, -0.05) is 23.2 Å². The summed E-state index contributed by atoms with van der Waals surface area (Å²) in [4.78, 5) is 23.7. The first-order valence-corrected chi connectivity index (χ1v) is 11.5. The first kappa shape index (κ1) is 22.6. The van der Waals surface area contributed by atoms with Crippen LogP contribution in [0.25, 0.3) is 0 Å². The summed E-state index contributed by atoms with van der Waals surface area (Å²) in [5, 5.41) is 6.19. The number of halogens is 2. The van der Waals surface area contributed by atoms with E-state index in [1.807, 2.05) is 0 Å². The maximum absolute atomic E-state index is 12.9. The Balaban J connectivity index is 1.59. The second kappa shape index (κ2) is 9.34. The van der Waals surface area contributed by atoms with E-state index >= 15 is 0 Å². The number of rotatable bonds is 5. The van der Waals surface area contributed by atoms with Gasteiger partial charge in [0.05, 0.1) is 14.9 Å². The van der Waals surface area contributed by atoms with Crippen molar-refractivity contribution < 1.29 is 18.0 Å². The van der Waals surface area contributed by atoms with Crippen LogP contribution in [-0.2, 0) is 14.8 Å². The second-order valence-electron chi connectivity index (χ2n) is 6.99. The molecule has 30 heavy (non-hydrogen) atoms. The Morgan fingerprint density at radius 2 is 1.63 bits per heavy atom. The van der Waals surface area contributed by atoms with Gasteiger partial charge >= 0.3 is 0 Å². The van der Waals surface area contributed by atoms with E-state index in [0.29, 0.717) is 47.2 Å². The molecule has 1 fully saturated rings. The molecule has 10 heteroatoms. The molecule has 3 rings (SSSR count). The van der Waals surface area contributed by atoms with Crippen molar-refractivity contribution in [3.05, 3.63) is 58.1 Å². The van der Waals surface area contributed by atoms with Crippen molar-refractivity contribution in [2.75, 3.05) is 18.4 Å². The normalized spacial score (nSPS) is 15.6. The summed E-state index contributed by atoms with van der Waals surface area (Å²) in [5.41, 5.74) is 0.934. The lowest BCUT2D eigenvalue weighted by molar-refractivity contribution is -0.114. The molecule has 7 nitrogen and oxygen atoms in total. The maximum Gasteiger partial charge on any atom is 0.251 e. The van der Waals surface area contributed by atoms with Crippen LogP contribution >= 0.6 is 23.2 Å². The van der Waals surface area contributed by atoms with E-state index in [-0.39, 0.29) is 22.8 Å². The Morgan fingerprint density at radius 1 is 1.00 bits per heavy atom. The monoisotopic (exact) mass is 469 g/mol. The third-order valence-electron chi connectivity index (χ3n) is 4.78. The van der Waals surface area contributed by atoms with Gasteiger partial charge in [0.1, 0.15) is 0 Å². The highest BCUT2D eigenvalue weighted by Gasteiger charge is 2.30. The zero-order valence-corrected chi connectivity index (χ0v) is 18.5. The number of carbonyl (C=O) groups excluding carboxylic acids is 2. The number of benzene rings is 2. The zero-order chi connectivity index (χ0) is 21.9. The van der Waals surface area contributed by atoms with Crippen LogP contribution in [0, 0.1) is 0 Å². The molecule has 2 N–H and O–H groups in total. The molecule has 1 saturated heterocycles. The highest BCUT2D eigenvalue weighted by molar-refractivity contribution is 7.89. The minimum atomic E-state index is -3.65. The smallest absolute Gasteiger partial charge is 0.251 e. The van der Waals surface area contributed by atoms with Crippen molar-refractivity contribution in [1.29, 1.82) is 0 Å². The van der Waals surface area contributed by atoms with Crippen LogP contribution in [0.3, 0.4) is 0 Å². The number of anilines is 1. The van der Waals surface area contributed by atoms with Crippen LogP contribution in [0.1, 0.15) is 30.1 Å². The van der Waals surface area contributed by atoms with Gasteiger partial charge < -0.3 is 10.6 Å². The van der Waals surface area contributed by atoms with Crippen molar-refractivity contribution in [1.82, 2.24) is 9.62 Å². The van der Waals surface area contributed by atoms with Gasteiger partial charge in [0, 0.05) is 37.3 Å². The van der Waals surface area contributed by atoms with Gasteiger partial charge in [0.15, 0.2) is 0 Å². The fraction of sp³-hybridized carbons (Fsp3) is 0.300.